The van der Waals surface area contributed by atoms with Gasteiger partial charge in [0, 0.05) is 31.1 Å². The van der Waals surface area contributed by atoms with E-state index in [0.29, 0.717) is 22.1 Å². The Bertz CT molecular complexity index is 737. The lowest BCUT2D eigenvalue weighted by molar-refractivity contribution is -0.383. The molecule has 2 atom stereocenters. The lowest BCUT2D eigenvalue weighted by Crippen LogP contribution is -2.19. The number of nitrogens with zero attached hydrogens (tertiary/aromatic N) is 2. The second-order valence-corrected chi connectivity index (χ2v) is 6.27. The minimum Gasteiger partial charge on any atom is -0.390 e. The Hall–Kier alpha value is -2.03. The van der Waals surface area contributed by atoms with E-state index in [0.717, 1.165) is 11.8 Å². The number of pyridine rings is 1. The number of hydrogen-bond donors (Lipinski definition) is 2. The number of non-ortho nitro benzene ring substituents is 1. The van der Waals surface area contributed by atoms with Crippen molar-refractivity contribution in [2.45, 2.75) is 25.6 Å². The summed E-state index contributed by atoms with van der Waals surface area (Å²) in [6.07, 6.45) is 0.796. The molecule has 8 heteroatoms. The van der Waals surface area contributed by atoms with Crippen LogP contribution in [0.15, 0.2) is 30.6 Å². The van der Waals surface area contributed by atoms with Gasteiger partial charge < -0.3 is 10.2 Å². The molecule has 122 valence electrons. The lowest BCUT2D eigenvalue weighted by atomic mass is 9.96. The van der Waals surface area contributed by atoms with Crippen molar-refractivity contribution in [1.82, 2.24) is 4.98 Å². The number of carbonyl (C=O) groups excluding carboxylic acids is 1. The van der Waals surface area contributed by atoms with Gasteiger partial charge in [0.2, 0.25) is 0 Å². The first kappa shape index (κ1) is 17.3. The van der Waals surface area contributed by atoms with E-state index in [4.69, 9.17) is 0 Å². The summed E-state index contributed by atoms with van der Waals surface area (Å²) >= 11 is 1.07. The topological polar surface area (TPSA) is 114 Å². The fourth-order valence-corrected chi connectivity index (χ4v) is 2.95. The molecule has 2 N–H and O–H groups in total. The van der Waals surface area contributed by atoms with Crippen molar-refractivity contribution in [3.63, 3.8) is 0 Å². The maximum absolute atomic E-state index is 11.1. The maximum Gasteiger partial charge on any atom is 0.278 e. The van der Waals surface area contributed by atoms with Gasteiger partial charge in [0.15, 0.2) is 5.12 Å². The van der Waals surface area contributed by atoms with Gasteiger partial charge in [0.25, 0.3) is 5.69 Å². The summed E-state index contributed by atoms with van der Waals surface area (Å²) in [5, 5.41) is 32.2. The predicted octanol–water partition coefficient (Wildman–Crippen LogP) is 2.21. The van der Waals surface area contributed by atoms with Crippen LogP contribution in [0.3, 0.4) is 0 Å². The highest BCUT2D eigenvalue weighted by Crippen LogP contribution is 2.32. The normalized spacial score (nSPS) is 13.7. The van der Waals surface area contributed by atoms with Crippen molar-refractivity contribution < 1.29 is 19.9 Å². The van der Waals surface area contributed by atoms with Crippen LogP contribution in [0.5, 0.6) is 0 Å². The number of nitro groups is 1. The van der Waals surface area contributed by atoms with Crippen LogP contribution in [-0.2, 0) is 4.79 Å². The summed E-state index contributed by atoms with van der Waals surface area (Å²) in [7, 11) is 0. The highest BCUT2D eigenvalue weighted by Gasteiger charge is 2.23. The number of thioether (sulfide) groups is 1. The highest BCUT2D eigenvalue weighted by atomic mass is 32.2. The molecule has 0 fully saturated rings. The van der Waals surface area contributed by atoms with Gasteiger partial charge in [-0.05, 0) is 29.5 Å². The Morgan fingerprint density at radius 1 is 1.35 bits per heavy atom. The van der Waals surface area contributed by atoms with E-state index in [1.54, 1.807) is 6.07 Å². The molecule has 0 saturated heterocycles. The van der Waals surface area contributed by atoms with Gasteiger partial charge in [-0.15, -0.1) is 0 Å². The van der Waals surface area contributed by atoms with Gasteiger partial charge in [-0.2, -0.15) is 0 Å². The molecular formula is C15H16N2O5S. The van der Waals surface area contributed by atoms with E-state index >= 15 is 0 Å². The van der Waals surface area contributed by atoms with Gasteiger partial charge in [0.1, 0.15) is 6.10 Å². The van der Waals surface area contributed by atoms with Crippen LogP contribution in [0.25, 0.3) is 10.8 Å². The summed E-state index contributed by atoms with van der Waals surface area (Å²) < 4.78 is 0. The van der Waals surface area contributed by atoms with Crippen LogP contribution in [0.4, 0.5) is 5.69 Å². The monoisotopic (exact) mass is 336 g/mol. The average Bonchev–Trinajstić information content (AvgIpc) is 2.52. The molecule has 0 amide bonds. The maximum atomic E-state index is 11.1. The molecule has 0 aliphatic carbocycles. The smallest absolute Gasteiger partial charge is 0.278 e. The third-order valence-corrected chi connectivity index (χ3v) is 4.27. The first-order valence-corrected chi connectivity index (χ1v) is 7.91. The minimum atomic E-state index is -1.20. The third-order valence-electron chi connectivity index (χ3n) is 3.43. The fraction of sp³-hybridized carbons (Fsp3) is 0.333. The molecular weight excluding hydrogens is 320 g/mol. The number of fused-ring (bicyclic) bond motifs is 1. The number of hydrogen-bond acceptors (Lipinski definition) is 7. The first-order chi connectivity index (χ1) is 10.9. The minimum absolute atomic E-state index is 0.0569. The first-order valence-electron chi connectivity index (χ1n) is 6.92. The molecule has 2 aromatic rings. The van der Waals surface area contributed by atoms with Crippen LogP contribution in [-0.4, -0.2) is 37.1 Å². The highest BCUT2D eigenvalue weighted by molar-refractivity contribution is 8.13. The van der Waals surface area contributed by atoms with Crippen LogP contribution < -0.4 is 0 Å². The van der Waals surface area contributed by atoms with E-state index in [1.165, 1.54) is 31.5 Å². The molecule has 23 heavy (non-hydrogen) atoms. The molecule has 2 rings (SSSR count). The Morgan fingerprint density at radius 3 is 2.74 bits per heavy atom. The number of nitro benzene ring substituents is 1. The zero-order valence-corrected chi connectivity index (χ0v) is 13.2. The van der Waals surface area contributed by atoms with E-state index in [1.807, 2.05) is 0 Å². The molecule has 1 heterocycles. The molecule has 0 aliphatic heterocycles. The predicted molar refractivity (Wildman–Crippen MR) is 87.1 cm³/mol. The number of rotatable bonds is 6. The van der Waals surface area contributed by atoms with Crippen LogP contribution in [0.2, 0.25) is 0 Å². The standard InChI is InChI=1S/C15H16N2O5S/c1-9(18)23-7-5-14(19)15(20)11-2-3-13(17(21)22)12-8-16-6-4-10(11)12/h2-4,6,8,14-15,19-20H,5,7H2,1H3. The molecule has 0 spiro atoms. The van der Waals surface area contributed by atoms with Gasteiger partial charge in [-0.1, -0.05) is 11.8 Å². The fourth-order valence-electron chi connectivity index (χ4n) is 2.30. The molecule has 1 aromatic carbocycles. The zero-order chi connectivity index (χ0) is 17.0. The summed E-state index contributed by atoms with van der Waals surface area (Å²) in [6, 6.07) is 4.30. The molecule has 0 radical (unpaired) electrons. The third kappa shape index (κ3) is 4.04. The van der Waals surface area contributed by atoms with Crippen molar-refractivity contribution in [1.29, 1.82) is 0 Å². The van der Waals surface area contributed by atoms with E-state index in [-0.39, 0.29) is 17.2 Å². The van der Waals surface area contributed by atoms with Crippen molar-refractivity contribution in [3.8, 4) is 0 Å². The van der Waals surface area contributed by atoms with Crippen molar-refractivity contribution in [2.75, 3.05) is 5.75 Å². The number of benzene rings is 1. The largest absolute Gasteiger partial charge is 0.390 e. The molecule has 0 saturated carbocycles. The van der Waals surface area contributed by atoms with Gasteiger partial charge in [-0.25, -0.2) is 0 Å². The Morgan fingerprint density at radius 2 is 2.09 bits per heavy atom. The molecule has 0 bridgehead atoms. The number of aromatic nitrogens is 1. The van der Waals surface area contributed by atoms with Crippen molar-refractivity contribution in [2.24, 2.45) is 0 Å². The summed E-state index contributed by atoms with van der Waals surface area (Å²) in [6.45, 7) is 1.43. The van der Waals surface area contributed by atoms with Crippen LogP contribution in [0.1, 0.15) is 25.0 Å². The number of carbonyl (C=O) groups is 1. The van der Waals surface area contributed by atoms with Gasteiger partial charge in [-0.3, -0.25) is 19.9 Å². The lowest BCUT2D eigenvalue weighted by Gasteiger charge is -2.19. The molecule has 0 aliphatic rings. The zero-order valence-electron chi connectivity index (χ0n) is 12.4. The van der Waals surface area contributed by atoms with Gasteiger partial charge in [0.05, 0.1) is 16.4 Å². The molecule has 2 unspecified atom stereocenters. The second-order valence-electron chi connectivity index (χ2n) is 4.99. The van der Waals surface area contributed by atoms with Crippen LogP contribution >= 0.6 is 11.8 Å². The average molecular weight is 336 g/mol. The number of aliphatic hydroxyl groups is 2. The quantitative estimate of drug-likeness (QED) is 0.614. The van der Waals surface area contributed by atoms with E-state index < -0.39 is 17.1 Å². The summed E-state index contributed by atoms with van der Waals surface area (Å²) in [5.41, 5.74) is 0.291. The number of aliphatic hydroxyl groups excluding tert-OH is 2. The van der Waals surface area contributed by atoms with Gasteiger partial charge >= 0.3 is 0 Å². The molecule has 1 aromatic heterocycles. The Kier molecular flexibility index (Phi) is 5.64. The second kappa shape index (κ2) is 7.49. The Balaban J connectivity index is 2.30. The van der Waals surface area contributed by atoms with E-state index in [9.17, 15) is 25.1 Å². The molecule has 7 nitrogen and oxygen atoms in total. The van der Waals surface area contributed by atoms with Crippen molar-refractivity contribution in [3.05, 3.63) is 46.3 Å². The van der Waals surface area contributed by atoms with Crippen LogP contribution in [0, 0.1) is 10.1 Å². The summed E-state index contributed by atoms with van der Waals surface area (Å²) in [5.74, 6) is 0.389. The SMILES string of the molecule is CC(=O)SCCC(O)C(O)c1ccc([N+](=O)[O-])c2cnccc12. The Labute approximate surface area is 136 Å². The summed E-state index contributed by atoms with van der Waals surface area (Å²) in [4.78, 5) is 25.3. The van der Waals surface area contributed by atoms with E-state index in [2.05, 4.69) is 4.98 Å². The van der Waals surface area contributed by atoms with Crippen molar-refractivity contribution >= 4 is 33.3 Å².